The number of rotatable bonds is 1. The zero-order valence-electron chi connectivity index (χ0n) is 4.60. The van der Waals surface area contributed by atoms with Crippen molar-refractivity contribution in [2.75, 3.05) is 6.61 Å². The van der Waals surface area contributed by atoms with Crippen LogP contribution in [-0.4, -0.2) is 16.8 Å². The van der Waals surface area contributed by atoms with Crippen molar-refractivity contribution < 1.29 is 10.2 Å². The fourth-order valence-electron chi connectivity index (χ4n) is 0.114. The third-order valence-corrected chi connectivity index (χ3v) is 0.855. The summed E-state index contributed by atoms with van der Waals surface area (Å²) in [5.74, 6) is 0.211. The van der Waals surface area contributed by atoms with Crippen molar-refractivity contribution in [3.05, 3.63) is 11.3 Å². The van der Waals surface area contributed by atoms with Gasteiger partial charge in [-0.2, -0.15) is 0 Å². The second kappa shape index (κ2) is 2.64. The van der Waals surface area contributed by atoms with Crippen molar-refractivity contribution in [3.8, 4) is 0 Å². The SMILES string of the molecule is CC(O)=C(C)CO. The van der Waals surface area contributed by atoms with Gasteiger partial charge in [-0.15, -0.1) is 0 Å². The van der Waals surface area contributed by atoms with E-state index in [4.69, 9.17) is 10.2 Å². The molecule has 0 saturated carbocycles. The molecule has 0 aromatic carbocycles. The van der Waals surface area contributed by atoms with Crippen molar-refractivity contribution in [2.45, 2.75) is 13.8 Å². The maximum atomic E-state index is 8.54. The van der Waals surface area contributed by atoms with Crippen LogP contribution in [0, 0.1) is 0 Å². The summed E-state index contributed by atoms with van der Waals surface area (Å²) < 4.78 is 0. The summed E-state index contributed by atoms with van der Waals surface area (Å²) in [6, 6.07) is 0. The third-order valence-electron chi connectivity index (χ3n) is 0.855. The van der Waals surface area contributed by atoms with Crippen LogP contribution in [0.3, 0.4) is 0 Å². The van der Waals surface area contributed by atoms with Gasteiger partial charge < -0.3 is 10.2 Å². The van der Waals surface area contributed by atoms with Crippen LogP contribution in [0.2, 0.25) is 0 Å². The molecule has 0 saturated heterocycles. The van der Waals surface area contributed by atoms with Gasteiger partial charge in [0.15, 0.2) is 0 Å². The van der Waals surface area contributed by atoms with Crippen molar-refractivity contribution in [2.24, 2.45) is 0 Å². The number of aliphatic hydroxyl groups is 2. The Bertz CT molecular complexity index is 80.1. The van der Waals surface area contributed by atoms with Crippen LogP contribution in [0.25, 0.3) is 0 Å². The first-order valence-electron chi connectivity index (χ1n) is 2.14. The Labute approximate surface area is 43.1 Å². The van der Waals surface area contributed by atoms with Gasteiger partial charge in [-0.25, -0.2) is 0 Å². The summed E-state index contributed by atoms with van der Waals surface area (Å²) in [5.41, 5.74) is 0.625. The molecule has 0 amide bonds. The van der Waals surface area contributed by atoms with Crippen LogP contribution in [0.15, 0.2) is 11.3 Å². The van der Waals surface area contributed by atoms with Gasteiger partial charge in [-0.05, 0) is 19.4 Å². The van der Waals surface area contributed by atoms with E-state index in [0.717, 1.165) is 0 Å². The average Bonchev–Trinajstić information content (AvgIpc) is 1.65. The molecule has 0 unspecified atom stereocenters. The molecule has 2 nitrogen and oxygen atoms in total. The van der Waals surface area contributed by atoms with Gasteiger partial charge >= 0.3 is 0 Å². The molecule has 2 N–H and O–H groups in total. The monoisotopic (exact) mass is 102 g/mol. The lowest BCUT2D eigenvalue weighted by molar-refractivity contribution is 0.315. The standard InChI is InChI=1S/C5H10O2/c1-4(3-6)5(2)7/h6-7H,3H2,1-2H3. The van der Waals surface area contributed by atoms with Crippen LogP contribution < -0.4 is 0 Å². The van der Waals surface area contributed by atoms with Crippen LogP contribution >= 0.6 is 0 Å². The second-order valence-corrected chi connectivity index (χ2v) is 1.52. The minimum Gasteiger partial charge on any atom is -0.513 e. The zero-order chi connectivity index (χ0) is 5.86. The Morgan fingerprint density at radius 1 is 1.43 bits per heavy atom. The molecule has 0 rings (SSSR count). The molecule has 2 heteroatoms. The Morgan fingerprint density at radius 3 is 1.86 bits per heavy atom. The topological polar surface area (TPSA) is 40.5 Å². The van der Waals surface area contributed by atoms with Crippen LogP contribution in [0.4, 0.5) is 0 Å². The zero-order valence-corrected chi connectivity index (χ0v) is 4.60. The van der Waals surface area contributed by atoms with Crippen molar-refractivity contribution in [3.63, 3.8) is 0 Å². The van der Waals surface area contributed by atoms with Crippen LogP contribution in [0.1, 0.15) is 13.8 Å². The quantitative estimate of drug-likeness (QED) is 0.481. The van der Waals surface area contributed by atoms with E-state index in [0.29, 0.717) is 5.57 Å². The maximum Gasteiger partial charge on any atom is 0.0903 e. The number of aliphatic hydroxyl groups excluding tert-OH is 2. The minimum absolute atomic E-state index is 0.0532. The molecule has 0 aromatic heterocycles. The highest BCUT2D eigenvalue weighted by atomic mass is 16.3. The normalized spacial score (nSPS) is 13.6. The van der Waals surface area contributed by atoms with Gasteiger partial charge in [0.1, 0.15) is 0 Å². The Balaban J connectivity index is 3.72. The molecule has 0 aromatic rings. The van der Waals surface area contributed by atoms with Gasteiger partial charge in [0.25, 0.3) is 0 Å². The summed E-state index contributed by atoms with van der Waals surface area (Å²) in [6.45, 7) is 3.17. The molecular weight excluding hydrogens is 92.1 g/mol. The maximum absolute atomic E-state index is 8.54. The van der Waals surface area contributed by atoms with Gasteiger partial charge in [-0.3, -0.25) is 0 Å². The summed E-state index contributed by atoms with van der Waals surface area (Å²) in [6.07, 6.45) is 0. The van der Waals surface area contributed by atoms with E-state index < -0.39 is 0 Å². The van der Waals surface area contributed by atoms with E-state index in [1.54, 1.807) is 13.8 Å². The van der Waals surface area contributed by atoms with E-state index in [-0.39, 0.29) is 12.4 Å². The molecule has 42 valence electrons. The molecule has 0 radical (unpaired) electrons. The lowest BCUT2D eigenvalue weighted by Crippen LogP contribution is -1.87. The van der Waals surface area contributed by atoms with Gasteiger partial charge in [0.05, 0.1) is 12.4 Å². The summed E-state index contributed by atoms with van der Waals surface area (Å²) in [5, 5.41) is 16.8. The largest absolute Gasteiger partial charge is 0.513 e. The van der Waals surface area contributed by atoms with Crippen LogP contribution in [-0.2, 0) is 0 Å². The molecule has 0 aliphatic heterocycles. The van der Waals surface area contributed by atoms with Gasteiger partial charge in [0, 0.05) is 0 Å². The summed E-state index contributed by atoms with van der Waals surface area (Å²) in [7, 11) is 0. The van der Waals surface area contributed by atoms with E-state index in [1.165, 1.54) is 0 Å². The highest BCUT2D eigenvalue weighted by Gasteiger charge is 1.87. The van der Waals surface area contributed by atoms with E-state index in [2.05, 4.69) is 0 Å². The first-order valence-corrected chi connectivity index (χ1v) is 2.14. The Hall–Kier alpha value is -0.500. The van der Waals surface area contributed by atoms with Crippen molar-refractivity contribution in [1.29, 1.82) is 0 Å². The highest BCUT2D eigenvalue weighted by Crippen LogP contribution is 1.94. The lowest BCUT2D eigenvalue weighted by atomic mass is 10.3. The van der Waals surface area contributed by atoms with Crippen molar-refractivity contribution >= 4 is 0 Å². The minimum atomic E-state index is -0.0532. The fourth-order valence-corrected chi connectivity index (χ4v) is 0.114. The first-order chi connectivity index (χ1) is 3.18. The molecule has 0 bridgehead atoms. The highest BCUT2D eigenvalue weighted by molar-refractivity contribution is 5.00. The second-order valence-electron chi connectivity index (χ2n) is 1.52. The lowest BCUT2D eigenvalue weighted by Gasteiger charge is -1.92. The molecule has 0 atom stereocenters. The molecule has 0 fully saturated rings. The summed E-state index contributed by atoms with van der Waals surface area (Å²) in [4.78, 5) is 0. The molecule has 0 aliphatic rings. The molecule has 0 heterocycles. The average molecular weight is 102 g/mol. The Kier molecular flexibility index (Phi) is 2.45. The number of hydrogen-bond acceptors (Lipinski definition) is 2. The van der Waals surface area contributed by atoms with E-state index in [1.807, 2.05) is 0 Å². The Morgan fingerprint density at radius 2 is 1.86 bits per heavy atom. The smallest absolute Gasteiger partial charge is 0.0903 e. The van der Waals surface area contributed by atoms with E-state index >= 15 is 0 Å². The van der Waals surface area contributed by atoms with Crippen molar-refractivity contribution in [1.82, 2.24) is 0 Å². The molecule has 7 heavy (non-hydrogen) atoms. The number of hydrogen-bond donors (Lipinski definition) is 2. The van der Waals surface area contributed by atoms with Crippen LogP contribution in [0.5, 0.6) is 0 Å². The molecular formula is C5H10O2. The van der Waals surface area contributed by atoms with Gasteiger partial charge in [0.2, 0.25) is 0 Å². The predicted octanol–water partition coefficient (Wildman–Crippen LogP) is 0.831. The summed E-state index contributed by atoms with van der Waals surface area (Å²) >= 11 is 0. The fraction of sp³-hybridized carbons (Fsp3) is 0.600. The predicted molar refractivity (Wildman–Crippen MR) is 28.1 cm³/mol. The molecule has 0 spiro atoms. The first kappa shape index (κ1) is 6.50. The van der Waals surface area contributed by atoms with Gasteiger partial charge in [-0.1, -0.05) is 0 Å². The third kappa shape index (κ3) is 2.23. The van der Waals surface area contributed by atoms with E-state index in [9.17, 15) is 0 Å². The molecule has 0 aliphatic carbocycles. The number of allylic oxidation sites excluding steroid dienone is 1.